The van der Waals surface area contributed by atoms with Crippen molar-refractivity contribution in [2.45, 2.75) is 47.2 Å². The highest BCUT2D eigenvalue weighted by molar-refractivity contribution is 7.71. The highest BCUT2D eigenvalue weighted by atomic mass is 32.1. The molecule has 0 fully saturated rings. The van der Waals surface area contributed by atoms with E-state index < -0.39 is 4.92 Å². The molecule has 0 saturated heterocycles. The van der Waals surface area contributed by atoms with E-state index >= 15 is 0 Å². The molecule has 0 spiro atoms. The summed E-state index contributed by atoms with van der Waals surface area (Å²) >= 11 is 5.40. The Morgan fingerprint density at radius 2 is 2.04 bits per heavy atom. The average molecular weight is 376 g/mol. The molecule has 0 aromatic carbocycles. The summed E-state index contributed by atoms with van der Waals surface area (Å²) in [5, 5.41) is 27.1. The Hall–Kier alpha value is -2.82. The molecule has 3 heterocycles. The van der Waals surface area contributed by atoms with E-state index in [1.165, 1.54) is 0 Å². The second-order valence-electron chi connectivity index (χ2n) is 6.05. The van der Waals surface area contributed by atoms with Gasteiger partial charge in [0.15, 0.2) is 10.6 Å². The van der Waals surface area contributed by atoms with Crippen LogP contribution in [0.4, 0.5) is 5.69 Å². The zero-order valence-corrected chi connectivity index (χ0v) is 16.0. The van der Waals surface area contributed by atoms with E-state index in [2.05, 4.69) is 20.4 Å². The van der Waals surface area contributed by atoms with Crippen LogP contribution in [0.3, 0.4) is 0 Å². The van der Waals surface area contributed by atoms with Crippen LogP contribution in [-0.4, -0.2) is 39.2 Å². The van der Waals surface area contributed by atoms with Gasteiger partial charge in [0.2, 0.25) is 0 Å². The largest absolute Gasteiger partial charge is 0.312 e. The van der Waals surface area contributed by atoms with E-state index in [1.807, 2.05) is 25.5 Å². The van der Waals surface area contributed by atoms with Crippen molar-refractivity contribution in [3.05, 3.63) is 44.0 Å². The van der Waals surface area contributed by atoms with Crippen molar-refractivity contribution in [1.29, 1.82) is 0 Å². The molecule has 0 aliphatic carbocycles. The SMILES string of the molecule is CCn1ncc(-n2c([C@@H](C)n3nc(C)c([N+](=O)[O-])c3C)n[nH]c2=S)c1C. The fourth-order valence-electron chi connectivity index (χ4n) is 3.20. The van der Waals surface area contributed by atoms with Gasteiger partial charge in [0.25, 0.3) is 0 Å². The maximum absolute atomic E-state index is 11.3. The van der Waals surface area contributed by atoms with Crippen LogP contribution < -0.4 is 0 Å². The lowest BCUT2D eigenvalue weighted by Crippen LogP contribution is -2.16. The predicted octanol–water partition coefficient (Wildman–Crippen LogP) is 2.79. The van der Waals surface area contributed by atoms with Gasteiger partial charge in [-0.25, -0.2) is 0 Å². The molecular weight excluding hydrogens is 356 g/mol. The predicted molar refractivity (Wildman–Crippen MR) is 97.1 cm³/mol. The Kier molecular flexibility index (Phi) is 4.48. The molecule has 0 saturated carbocycles. The first-order chi connectivity index (χ1) is 12.3. The van der Waals surface area contributed by atoms with Crippen molar-refractivity contribution in [3.63, 3.8) is 0 Å². The minimum Gasteiger partial charge on any atom is -0.268 e. The van der Waals surface area contributed by atoms with Crippen LogP contribution in [0.2, 0.25) is 0 Å². The molecule has 3 aromatic heterocycles. The van der Waals surface area contributed by atoms with Crippen LogP contribution >= 0.6 is 12.2 Å². The average Bonchev–Trinajstić information content (AvgIpc) is 3.22. The first-order valence-electron chi connectivity index (χ1n) is 8.18. The molecule has 1 atom stereocenters. The van der Waals surface area contributed by atoms with E-state index in [1.54, 1.807) is 29.3 Å². The third-order valence-electron chi connectivity index (χ3n) is 4.53. The minimum atomic E-state index is -0.409. The smallest absolute Gasteiger partial charge is 0.268 e. The Balaban J connectivity index is 2.15. The summed E-state index contributed by atoms with van der Waals surface area (Å²) in [5.74, 6) is 0.606. The number of nitrogens with one attached hydrogen (secondary N) is 1. The lowest BCUT2D eigenvalue weighted by molar-refractivity contribution is -0.386. The number of H-pyrrole nitrogens is 1. The maximum atomic E-state index is 11.3. The van der Waals surface area contributed by atoms with Crippen molar-refractivity contribution in [1.82, 2.24) is 34.3 Å². The Bertz CT molecular complexity index is 1040. The van der Waals surface area contributed by atoms with Gasteiger partial charge >= 0.3 is 5.69 Å². The summed E-state index contributed by atoms with van der Waals surface area (Å²) in [6.07, 6.45) is 1.74. The molecule has 0 aliphatic rings. The molecule has 3 aromatic rings. The van der Waals surface area contributed by atoms with Gasteiger partial charge in [-0.1, -0.05) is 0 Å². The number of rotatable bonds is 5. The number of hydrogen-bond acceptors (Lipinski definition) is 6. The van der Waals surface area contributed by atoms with E-state index in [-0.39, 0.29) is 11.7 Å². The summed E-state index contributed by atoms with van der Waals surface area (Å²) in [7, 11) is 0. The molecule has 0 unspecified atom stereocenters. The fraction of sp³-hybridized carbons (Fsp3) is 0.467. The highest BCUT2D eigenvalue weighted by Crippen LogP contribution is 2.28. The van der Waals surface area contributed by atoms with Gasteiger partial charge < -0.3 is 0 Å². The summed E-state index contributed by atoms with van der Waals surface area (Å²) in [6.45, 7) is 9.90. The monoisotopic (exact) mass is 376 g/mol. The first kappa shape index (κ1) is 18.0. The van der Waals surface area contributed by atoms with Crippen molar-refractivity contribution >= 4 is 17.9 Å². The van der Waals surface area contributed by atoms with Gasteiger partial charge in [-0.3, -0.25) is 29.1 Å². The lowest BCUT2D eigenvalue weighted by Gasteiger charge is -2.14. The summed E-state index contributed by atoms with van der Waals surface area (Å²) in [4.78, 5) is 10.9. The number of aromatic amines is 1. The molecule has 0 amide bonds. The van der Waals surface area contributed by atoms with Crippen molar-refractivity contribution in [2.75, 3.05) is 0 Å². The molecule has 0 radical (unpaired) electrons. The molecular formula is C15H20N8O2S. The molecule has 26 heavy (non-hydrogen) atoms. The van der Waals surface area contributed by atoms with Crippen LogP contribution in [0.25, 0.3) is 5.69 Å². The van der Waals surface area contributed by atoms with Gasteiger partial charge in [0.1, 0.15) is 17.4 Å². The molecule has 11 heteroatoms. The number of aryl methyl sites for hydroxylation is 2. The minimum absolute atomic E-state index is 0.0208. The third-order valence-corrected chi connectivity index (χ3v) is 4.80. The van der Waals surface area contributed by atoms with Crippen LogP contribution in [-0.2, 0) is 6.54 Å². The van der Waals surface area contributed by atoms with Crippen molar-refractivity contribution < 1.29 is 4.92 Å². The third kappa shape index (κ3) is 2.64. The van der Waals surface area contributed by atoms with E-state index in [0.717, 1.165) is 17.9 Å². The van der Waals surface area contributed by atoms with E-state index in [4.69, 9.17) is 12.2 Å². The molecule has 3 rings (SSSR count). The van der Waals surface area contributed by atoms with Crippen molar-refractivity contribution in [3.8, 4) is 5.69 Å². The second kappa shape index (κ2) is 6.48. The standard InChI is InChI=1S/C15H20N8O2S/c1-6-20-9(3)12(7-16-20)21-14(17-18-15(21)26)11(5)22-10(4)13(23(24)25)8(2)19-22/h7,11H,6H2,1-5H3,(H,18,26)/t11-/m1/s1. The van der Waals surface area contributed by atoms with Crippen LogP contribution in [0.5, 0.6) is 0 Å². The van der Waals surface area contributed by atoms with Crippen LogP contribution in [0.1, 0.15) is 42.8 Å². The topological polar surface area (TPSA) is 112 Å². The second-order valence-corrected chi connectivity index (χ2v) is 6.44. The summed E-state index contributed by atoms with van der Waals surface area (Å²) in [6, 6.07) is -0.361. The molecule has 1 N–H and O–H groups in total. The maximum Gasteiger partial charge on any atom is 0.312 e. The summed E-state index contributed by atoms with van der Waals surface area (Å²) < 4.78 is 5.71. The molecule has 138 valence electrons. The Morgan fingerprint density at radius 1 is 1.35 bits per heavy atom. The van der Waals surface area contributed by atoms with Gasteiger partial charge in [-0.05, 0) is 46.8 Å². The fourth-order valence-corrected chi connectivity index (χ4v) is 3.44. The van der Waals surface area contributed by atoms with E-state index in [9.17, 15) is 10.1 Å². The molecule has 10 nitrogen and oxygen atoms in total. The number of nitro groups is 1. The summed E-state index contributed by atoms with van der Waals surface area (Å²) in [5.41, 5.74) is 2.64. The highest BCUT2D eigenvalue weighted by Gasteiger charge is 2.27. The van der Waals surface area contributed by atoms with Crippen molar-refractivity contribution in [2.24, 2.45) is 0 Å². The lowest BCUT2D eigenvalue weighted by atomic mass is 10.2. The number of hydrogen-bond donors (Lipinski definition) is 1. The van der Waals surface area contributed by atoms with Crippen LogP contribution in [0.15, 0.2) is 6.20 Å². The quantitative estimate of drug-likeness (QED) is 0.416. The number of aromatic nitrogens is 7. The van der Waals surface area contributed by atoms with E-state index in [0.29, 0.717) is 22.0 Å². The van der Waals surface area contributed by atoms with Gasteiger partial charge in [0, 0.05) is 6.54 Å². The van der Waals surface area contributed by atoms with Gasteiger partial charge in [-0.15, -0.1) is 0 Å². The zero-order valence-electron chi connectivity index (χ0n) is 15.2. The Morgan fingerprint density at radius 3 is 2.58 bits per heavy atom. The first-order valence-corrected chi connectivity index (χ1v) is 8.58. The molecule has 0 aliphatic heterocycles. The zero-order chi connectivity index (χ0) is 19.2. The normalized spacial score (nSPS) is 12.5. The number of nitrogens with zero attached hydrogens (tertiary/aromatic N) is 7. The molecule has 0 bridgehead atoms. The van der Waals surface area contributed by atoms with Gasteiger partial charge in [-0.2, -0.15) is 15.3 Å². The Labute approximate surface area is 154 Å². The van der Waals surface area contributed by atoms with Gasteiger partial charge in [0.05, 0.1) is 22.5 Å². The van der Waals surface area contributed by atoms with Crippen LogP contribution in [0, 0.1) is 35.7 Å².